The van der Waals surface area contributed by atoms with E-state index in [1.54, 1.807) is 0 Å². The molecule has 0 fully saturated rings. The van der Waals surface area contributed by atoms with Crippen LogP contribution in [0.1, 0.15) is 0 Å². The zero-order chi connectivity index (χ0) is 33.0. The van der Waals surface area contributed by atoms with E-state index >= 15 is 0 Å². The van der Waals surface area contributed by atoms with Crippen LogP contribution in [0, 0.1) is 0 Å². The van der Waals surface area contributed by atoms with Crippen LogP contribution >= 0.6 is 0 Å². The van der Waals surface area contributed by atoms with Crippen LogP contribution in [0.25, 0.3) is 89.2 Å². The number of fused-ring (bicyclic) bond motifs is 7. The molecule has 0 amide bonds. The number of nitrogens with zero attached hydrogens (tertiary/aromatic N) is 5. The van der Waals surface area contributed by atoms with Crippen molar-refractivity contribution in [3.8, 4) is 45.5 Å². The maximum absolute atomic E-state index is 4.95. The highest BCUT2D eigenvalue weighted by Crippen LogP contribution is 2.42. The molecule has 0 bridgehead atoms. The molecule has 0 aliphatic rings. The van der Waals surface area contributed by atoms with Crippen LogP contribution in [-0.4, -0.2) is 24.1 Å². The SMILES string of the molecule is c1ccc(-c2nc(-c3ccccc3)nc(-c3ccc(-n4c5ccccc5c5c6c7ccccc7n(-c7ccccc7)c6ccc54)cc3)n2)cc1. The summed E-state index contributed by atoms with van der Waals surface area (Å²) in [6, 6.07) is 61.4. The molecule has 0 aliphatic carbocycles. The Balaban J connectivity index is 1.16. The van der Waals surface area contributed by atoms with Gasteiger partial charge in [0.05, 0.1) is 22.1 Å². The summed E-state index contributed by atoms with van der Waals surface area (Å²) in [4.78, 5) is 14.8. The van der Waals surface area contributed by atoms with Gasteiger partial charge in [-0.1, -0.05) is 115 Å². The van der Waals surface area contributed by atoms with Crippen LogP contribution in [-0.2, 0) is 0 Å². The normalized spacial score (nSPS) is 11.6. The first-order valence-corrected chi connectivity index (χ1v) is 16.8. The predicted molar refractivity (Wildman–Crippen MR) is 205 cm³/mol. The average molecular weight is 640 g/mol. The molecular weight excluding hydrogens is 611 g/mol. The molecule has 7 aromatic carbocycles. The minimum atomic E-state index is 0.641. The van der Waals surface area contributed by atoms with E-state index in [1.807, 2.05) is 60.7 Å². The summed E-state index contributed by atoms with van der Waals surface area (Å²) in [7, 11) is 0. The molecule has 234 valence electrons. The molecule has 10 rings (SSSR count). The predicted octanol–water partition coefficient (Wildman–Crippen LogP) is 11.1. The van der Waals surface area contributed by atoms with Crippen LogP contribution < -0.4 is 0 Å². The van der Waals surface area contributed by atoms with E-state index in [2.05, 4.69) is 124 Å². The van der Waals surface area contributed by atoms with E-state index in [9.17, 15) is 0 Å². The maximum Gasteiger partial charge on any atom is 0.164 e. The van der Waals surface area contributed by atoms with Crippen molar-refractivity contribution in [2.75, 3.05) is 0 Å². The highest BCUT2D eigenvalue weighted by atomic mass is 15.0. The molecule has 50 heavy (non-hydrogen) atoms. The summed E-state index contributed by atoms with van der Waals surface area (Å²) in [5.41, 5.74) is 9.79. The molecule has 0 radical (unpaired) electrons. The standard InChI is InChI=1S/C45H29N5/c1-4-14-30(15-5-1)43-46-44(31-16-6-2-7-17-31)48-45(47-43)32-24-26-34(27-25-32)50-38-23-13-11-21-36(38)42-40(50)29-28-39-41(42)35-20-10-12-22-37(35)49(39)33-18-8-3-9-19-33/h1-29H. The Labute approximate surface area is 288 Å². The fourth-order valence-corrected chi connectivity index (χ4v) is 7.35. The summed E-state index contributed by atoms with van der Waals surface area (Å²) in [5, 5.41) is 4.99. The van der Waals surface area contributed by atoms with Gasteiger partial charge in [-0.25, -0.2) is 15.0 Å². The summed E-state index contributed by atoms with van der Waals surface area (Å²) in [6.07, 6.45) is 0. The van der Waals surface area contributed by atoms with E-state index in [1.165, 1.54) is 38.1 Å². The van der Waals surface area contributed by atoms with Gasteiger partial charge in [0.15, 0.2) is 17.5 Å². The third-order valence-electron chi connectivity index (χ3n) is 9.57. The second-order valence-corrected chi connectivity index (χ2v) is 12.5. The molecule has 3 heterocycles. The first-order valence-electron chi connectivity index (χ1n) is 16.8. The molecule has 0 aliphatic heterocycles. The minimum Gasteiger partial charge on any atom is -0.309 e. The van der Waals surface area contributed by atoms with Gasteiger partial charge in [-0.05, 0) is 60.7 Å². The van der Waals surface area contributed by atoms with Gasteiger partial charge in [0.25, 0.3) is 0 Å². The Morgan fingerprint density at radius 3 is 1.10 bits per heavy atom. The van der Waals surface area contributed by atoms with Crippen LogP contribution in [0.4, 0.5) is 0 Å². The molecule has 5 nitrogen and oxygen atoms in total. The lowest BCUT2D eigenvalue weighted by atomic mass is 10.1. The van der Waals surface area contributed by atoms with Gasteiger partial charge in [-0.3, -0.25) is 0 Å². The molecule has 0 unspecified atom stereocenters. The number of aromatic nitrogens is 5. The lowest BCUT2D eigenvalue weighted by molar-refractivity contribution is 1.07. The Bertz CT molecular complexity index is 2780. The molecule has 0 N–H and O–H groups in total. The van der Waals surface area contributed by atoms with E-state index < -0.39 is 0 Å². The molecule has 3 aromatic heterocycles. The number of hydrogen-bond donors (Lipinski definition) is 0. The highest BCUT2D eigenvalue weighted by molar-refractivity contribution is 6.28. The highest BCUT2D eigenvalue weighted by Gasteiger charge is 2.20. The largest absolute Gasteiger partial charge is 0.309 e. The number of para-hydroxylation sites is 3. The van der Waals surface area contributed by atoms with Crippen LogP contribution in [0.3, 0.4) is 0 Å². The van der Waals surface area contributed by atoms with Gasteiger partial charge in [0.1, 0.15) is 0 Å². The Morgan fingerprint density at radius 1 is 0.280 bits per heavy atom. The van der Waals surface area contributed by atoms with Crippen molar-refractivity contribution in [3.05, 3.63) is 176 Å². The minimum absolute atomic E-state index is 0.641. The van der Waals surface area contributed by atoms with Gasteiger partial charge in [-0.15, -0.1) is 0 Å². The van der Waals surface area contributed by atoms with Crippen LogP contribution in [0.15, 0.2) is 176 Å². The van der Waals surface area contributed by atoms with Crippen LogP contribution in [0.5, 0.6) is 0 Å². The Hall–Kier alpha value is -6.85. The second kappa shape index (κ2) is 11.4. The van der Waals surface area contributed by atoms with Crippen molar-refractivity contribution in [2.24, 2.45) is 0 Å². The Morgan fingerprint density at radius 2 is 0.640 bits per heavy atom. The van der Waals surface area contributed by atoms with Gasteiger partial charge in [0.2, 0.25) is 0 Å². The molecular formula is C45H29N5. The Kier molecular flexibility index (Phi) is 6.42. The van der Waals surface area contributed by atoms with Crippen molar-refractivity contribution in [2.45, 2.75) is 0 Å². The van der Waals surface area contributed by atoms with Crippen molar-refractivity contribution < 1.29 is 0 Å². The maximum atomic E-state index is 4.95. The molecule has 0 spiro atoms. The van der Waals surface area contributed by atoms with Gasteiger partial charge < -0.3 is 9.13 Å². The first-order chi connectivity index (χ1) is 24.8. The topological polar surface area (TPSA) is 48.5 Å². The number of benzene rings is 7. The van der Waals surface area contributed by atoms with Crippen molar-refractivity contribution in [3.63, 3.8) is 0 Å². The van der Waals surface area contributed by atoms with Crippen molar-refractivity contribution in [1.82, 2.24) is 24.1 Å². The molecule has 5 heteroatoms. The quantitative estimate of drug-likeness (QED) is 0.188. The zero-order valence-electron chi connectivity index (χ0n) is 27.0. The first kappa shape index (κ1) is 28.2. The average Bonchev–Trinajstić information content (AvgIpc) is 3.72. The van der Waals surface area contributed by atoms with Gasteiger partial charge in [0, 0.05) is 49.6 Å². The van der Waals surface area contributed by atoms with Crippen molar-refractivity contribution >= 4 is 43.6 Å². The number of hydrogen-bond acceptors (Lipinski definition) is 3. The molecule has 0 saturated carbocycles. The smallest absolute Gasteiger partial charge is 0.164 e. The second-order valence-electron chi connectivity index (χ2n) is 12.5. The lowest BCUT2D eigenvalue weighted by Crippen LogP contribution is -2.00. The van der Waals surface area contributed by atoms with E-state index in [0.29, 0.717) is 17.5 Å². The van der Waals surface area contributed by atoms with Gasteiger partial charge in [-0.2, -0.15) is 0 Å². The van der Waals surface area contributed by atoms with Gasteiger partial charge >= 0.3 is 0 Å². The monoisotopic (exact) mass is 639 g/mol. The summed E-state index contributed by atoms with van der Waals surface area (Å²) >= 11 is 0. The van der Waals surface area contributed by atoms with Crippen LogP contribution in [0.2, 0.25) is 0 Å². The van der Waals surface area contributed by atoms with E-state index in [0.717, 1.165) is 33.6 Å². The van der Waals surface area contributed by atoms with Crippen molar-refractivity contribution in [1.29, 1.82) is 0 Å². The molecule has 0 saturated heterocycles. The molecule has 10 aromatic rings. The summed E-state index contributed by atoms with van der Waals surface area (Å²) in [5.74, 6) is 1.95. The fraction of sp³-hybridized carbons (Fsp3) is 0. The fourth-order valence-electron chi connectivity index (χ4n) is 7.35. The lowest BCUT2D eigenvalue weighted by Gasteiger charge is -2.11. The summed E-state index contributed by atoms with van der Waals surface area (Å²) in [6.45, 7) is 0. The third kappa shape index (κ3) is 4.45. The summed E-state index contributed by atoms with van der Waals surface area (Å²) < 4.78 is 4.76. The van der Waals surface area contributed by atoms with E-state index in [4.69, 9.17) is 15.0 Å². The van der Waals surface area contributed by atoms with E-state index in [-0.39, 0.29) is 0 Å². The zero-order valence-corrected chi connectivity index (χ0v) is 27.0. The third-order valence-corrected chi connectivity index (χ3v) is 9.57. The molecule has 0 atom stereocenters. The number of rotatable bonds is 5.